The van der Waals surface area contributed by atoms with Crippen LogP contribution in [0.25, 0.3) is 15.5 Å². The molecule has 19 heavy (non-hydrogen) atoms. The quantitative estimate of drug-likeness (QED) is 0.738. The van der Waals surface area contributed by atoms with Crippen LogP contribution < -0.4 is 5.73 Å². The van der Waals surface area contributed by atoms with E-state index in [0.29, 0.717) is 12.4 Å². The summed E-state index contributed by atoms with van der Waals surface area (Å²) in [6.45, 7) is 2.40. The van der Waals surface area contributed by atoms with E-state index >= 15 is 0 Å². The molecule has 7 heteroatoms. The number of hydrogen-bond donors (Lipinski definition) is 1. The Bertz CT molecular complexity index is 713. The highest BCUT2D eigenvalue weighted by atomic mass is 32.1. The van der Waals surface area contributed by atoms with E-state index in [9.17, 15) is 0 Å². The third-order valence-electron chi connectivity index (χ3n) is 2.85. The van der Waals surface area contributed by atoms with Crippen molar-refractivity contribution in [2.24, 2.45) is 0 Å². The molecule has 1 aromatic carbocycles. The summed E-state index contributed by atoms with van der Waals surface area (Å²) in [7, 11) is 1.62. The molecule has 0 spiro atoms. The Morgan fingerprint density at radius 2 is 2.21 bits per heavy atom. The third kappa shape index (κ3) is 1.96. The summed E-state index contributed by atoms with van der Waals surface area (Å²) >= 11 is 1.47. The Kier molecular flexibility index (Phi) is 2.92. The Hall–Kier alpha value is -1.99. The first-order chi connectivity index (χ1) is 9.20. The van der Waals surface area contributed by atoms with E-state index in [4.69, 9.17) is 10.5 Å². The number of methoxy groups -OCH3 is 1. The number of ether oxygens (including phenoxy) is 1. The molecule has 0 bridgehead atoms. The lowest BCUT2D eigenvalue weighted by Gasteiger charge is -2.04. The first kappa shape index (κ1) is 12.1. The molecule has 0 aliphatic rings. The van der Waals surface area contributed by atoms with Gasteiger partial charge in [-0.2, -0.15) is 9.61 Å². The molecular formula is C12H13N5OS. The smallest absolute Gasteiger partial charge is 0.235 e. The van der Waals surface area contributed by atoms with Gasteiger partial charge in [-0.05, 0) is 18.6 Å². The number of aromatic nitrogens is 4. The third-order valence-corrected chi connectivity index (χ3v) is 3.76. The zero-order valence-electron chi connectivity index (χ0n) is 10.6. The van der Waals surface area contributed by atoms with Gasteiger partial charge >= 0.3 is 0 Å². The topological polar surface area (TPSA) is 78.3 Å². The van der Waals surface area contributed by atoms with Gasteiger partial charge in [-0.15, -0.1) is 10.2 Å². The van der Waals surface area contributed by atoms with Crippen LogP contribution in [0.1, 0.15) is 11.4 Å². The van der Waals surface area contributed by atoms with Crippen molar-refractivity contribution in [2.75, 3.05) is 12.8 Å². The van der Waals surface area contributed by atoms with E-state index in [2.05, 4.69) is 15.3 Å². The van der Waals surface area contributed by atoms with E-state index in [1.54, 1.807) is 11.6 Å². The summed E-state index contributed by atoms with van der Waals surface area (Å²) in [6.07, 6.45) is 0. The molecule has 0 aliphatic carbocycles. The molecule has 2 N–H and O–H groups in total. The van der Waals surface area contributed by atoms with Crippen LogP contribution in [0.15, 0.2) is 18.2 Å². The molecule has 2 aromatic heterocycles. The van der Waals surface area contributed by atoms with Crippen LogP contribution in [0.3, 0.4) is 0 Å². The Labute approximate surface area is 113 Å². The maximum absolute atomic E-state index is 6.04. The molecule has 0 aliphatic heterocycles. The van der Waals surface area contributed by atoms with Crippen LogP contribution in [0.2, 0.25) is 0 Å². The molecule has 0 unspecified atom stereocenters. The minimum Gasteiger partial charge on any atom is -0.398 e. The van der Waals surface area contributed by atoms with Gasteiger partial charge in [0.05, 0.1) is 0 Å². The lowest BCUT2D eigenvalue weighted by atomic mass is 10.1. The van der Waals surface area contributed by atoms with Gasteiger partial charge in [0.1, 0.15) is 11.6 Å². The van der Waals surface area contributed by atoms with E-state index in [0.717, 1.165) is 26.8 Å². The zero-order valence-corrected chi connectivity index (χ0v) is 11.4. The van der Waals surface area contributed by atoms with Crippen molar-refractivity contribution in [3.05, 3.63) is 29.6 Å². The molecular weight excluding hydrogens is 262 g/mol. The van der Waals surface area contributed by atoms with Crippen LogP contribution in [-0.4, -0.2) is 26.9 Å². The maximum Gasteiger partial charge on any atom is 0.235 e. The van der Waals surface area contributed by atoms with Crippen LogP contribution >= 0.6 is 11.3 Å². The normalized spacial score (nSPS) is 11.3. The summed E-state index contributed by atoms with van der Waals surface area (Å²) in [6, 6.07) is 5.83. The highest BCUT2D eigenvalue weighted by Gasteiger charge is 2.15. The highest BCUT2D eigenvalue weighted by molar-refractivity contribution is 7.19. The van der Waals surface area contributed by atoms with Crippen molar-refractivity contribution in [1.82, 2.24) is 19.8 Å². The van der Waals surface area contributed by atoms with Gasteiger partial charge in [0.25, 0.3) is 0 Å². The molecule has 0 atom stereocenters. The van der Waals surface area contributed by atoms with E-state index in [1.165, 1.54) is 11.3 Å². The number of nitrogens with two attached hydrogens (primary N) is 1. The number of fused-ring (bicyclic) bond motifs is 1. The highest BCUT2D eigenvalue weighted by Crippen LogP contribution is 2.32. The summed E-state index contributed by atoms with van der Waals surface area (Å²) in [5.74, 6) is 0.687. The van der Waals surface area contributed by atoms with Crippen LogP contribution in [-0.2, 0) is 11.3 Å². The summed E-state index contributed by atoms with van der Waals surface area (Å²) in [5, 5.41) is 13.5. The predicted octanol–water partition coefficient (Wildman–Crippen LogP) is 1.89. The summed E-state index contributed by atoms with van der Waals surface area (Å²) in [4.78, 5) is 0.740. The van der Waals surface area contributed by atoms with Crippen molar-refractivity contribution in [3.63, 3.8) is 0 Å². The summed E-state index contributed by atoms with van der Waals surface area (Å²) in [5.41, 5.74) is 8.81. The molecule has 3 aromatic rings. The fraction of sp³-hybridized carbons (Fsp3) is 0.250. The number of nitrogen functional groups attached to an aromatic ring is 1. The fourth-order valence-corrected chi connectivity index (χ4v) is 2.95. The lowest BCUT2D eigenvalue weighted by molar-refractivity contribution is 0.176. The number of anilines is 1. The van der Waals surface area contributed by atoms with Crippen molar-refractivity contribution >= 4 is 22.0 Å². The first-order valence-corrected chi connectivity index (χ1v) is 6.58. The Morgan fingerprint density at radius 3 is 2.95 bits per heavy atom. The number of benzene rings is 1. The molecule has 98 valence electrons. The minimum absolute atomic E-state index is 0.383. The maximum atomic E-state index is 6.04. The number of hydrogen-bond acceptors (Lipinski definition) is 6. The van der Waals surface area contributed by atoms with Crippen LogP contribution in [0.5, 0.6) is 0 Å². The van der Waals surface area contributed by atoms with Gasteiger partial charge in [-0.25, -0.2) is 0 Å². The Morgan fingerprint density at radius 1 is 1.37 bits per heavy atom. The van der Waals surface area contributed by atoms with Gasteiger partial charge in [0.2, 0.25) is 4.96 Å². The van der Waals surface area contributed by atoms with Crippen LogP contribution in [0, 0.1) is 6.92 Å². The molecule has 3 rings (SSSR count). The molecule has 0 radical (unpaired) electrons. The number of aryl methyl sites for hydroxylation is 1. The SMILES string of the molecule is COCc1nnc2sc(-c3c(C)cccc3N)nn12. The second-order valence-corrected chi connectivity index (χ2v) is 5.15. The van der Waals surface area contributed by atoms with Crippen molar-refractivity contribution < 1.29 is 4.74 Å². The monoisotopic (exact) mass is 275 g/mol. The van der Waals surface area contributed by atoms with Crippen molar-refractivity contribution in [1.29, 1.82) is 0 Å². The standard InChI is InChI=1S/C12H13N5OS/c1-7-4-3-5-8(13)10(7)11-16-17-9(6-18-2)14-15-12(17)19-11/h3-5H,6,13H2,1-2H3. The summed E-state index contributed by atoms with van der Waals surface area (Å²) < 4.78 is 6.78. The van der Waals surface area contributed by atoms with Gasteiger partial charge in [-0.1, -0.05) is 23.5 Å². The van der Waals surface area contributed by atoms with Crippen LogP contribution in [0.4, 0.5) is 5.69 Å². The molecule has 0 saturated carbocycles. The molecule has 0 saturated heterocycles. The van der Waals surface area contributed by atoms with E-state index in [-0.39, 0.29) is 0 Å². The predicted molar refractivity (Wildman–Crippen MR) is 74.0 cm³/mol. The van der Waals surface area contributed by atoms with E-state index in [1.807, 2.05) is 25.1 Å². The van der Waals surface area contributed by atoms with Gasteiger partial charge < -0.3 is 10.5 Å². The molecule has 0 fully saturated rings. The molecule has 0 amide bonds. The van der Waals surface area contributed by atoms with Crippen molar-refractivity contribution in [3.8, 4) is 10.6 Å². The number of nitrogens with zero attached hydrogens (tertiary/aromatic N) is 4. The second kappa shape index (κ2) is 4.60. The minimum atomic E-state index is 0.383. The Balaban J connectivity index is 2.16. The lowest BCUT2D eigenvalue weighted by Crippen LogP contribution is -1.98. The zero-order chi connectivity index (χ0) is 13.4. The molecule has 6 nitrogen and oxygen atoms in total. The average Bonchev–Trinajstić information content (AvgIpc) is 2.92. The largest absolute Gasteiger partial charge is 0.398 e. The second-order valence-electron chi connectivity index (χ2n) is 4.19. The fourth-order valence-electron chi connectivity index (χ4n) is 1.96. The van der Waals surface area contributed by atoms with Gasteiger partial charge in [-0.3, -0.25) is 0 Å². The molecule has 2 heterocycles. The van der Waals surface area contributed by atoms with E-state index < -0.39 is 0 Å². The van der Waals surface area contributed by atoms with Crippen molar-refractivity contribution in [2.45, 2.75) is 13.5 Å². The first-order valence-electron chi connectivity index (χ1n) is 5.76. The van der Waals surface area contributed by atoms with Gasteiger partial charge in [0, 0.05) is 18.4 Å². The number of rotatable bonds is 3. The average molecular weight is 275 g/mol. The van der Waals surface area contributed by atoms with Gasteiger partial charge in [0.15, 0.2) is 5.82 Å².